The lowest BCUT2D eigenvalue weighted by molar-refractivity contribution is 0.869. The summed E-state index contributed by atoms with van der Waals surface area (Å²) in [6, 6.07) is 8.41. The number of allylic oxidation sites excluding steroid dienone is 8. The molecule has 0 radical (unpaired) electrons. The van der Waals surface area contributed by atoms with E-state index >= 15 is 0 Å². The largest absolute Gasteiger partial charge is 0.251 e. The molecule has 2 aliphatic carbocycles. The van der Waals surface area contributed by atoms with Crippen molar-refractivity contribution in [1.29, 1.82) is 0 Å². The molecule has 1 nitrogen and oxygen atoms in total. The van der Waals surface area contributed by atoms with Crippen LogP contribution in [0.5, 0.6) is 0 Å². The number of para-hydroxylation sites is 1. The van der Waals surface area contributed by atoms with Crippen LogP contribution in [0.25, 0.3) is 5.57 Å². The van der Waals surface area contributed by atoms with E-state index in [9.17, 15) is 0 Å². The Balaban J connectivity index is 2.07. The van der Waals surface area contributed by atoms with E-state index in [1.807, 2.05) is 0 Å². The fourth-order valence-electron chi connectivity index (χ4n) is 3.04. The standard InChI is InChI=1S/C17H13N/c1-2-9-15-13(7-1)14-8-3-5-11-17(14)12-6-4-10-16(17)18-15/h1-2,4-12H,3H2. The molecule has 4 rings (SSSR count). The van der Waals surface area contributed by atoms with E-state index in [0.717, 1.165) is 17.8 Å². The van der Waals surface area contributed by atoms with Gasteiger partial charge in [-0.05, 0) is 24.1 Å². The maximum absolute atomic E-state index is 4.83. The molecule has 1 atom stereocenters. The van der Waals surface area contributed by atoms with Crippen LogP contribution in [0.3, 0.4) is 0 Å². The van der Waals surface area contributed by atoms with Gasteiger partial charge in [-0.2, -0.15) is 0 Å². The molecule has 0 saturated heterocycles. The van der Waals surface area contributed by atoms with Crippen molar-refractivity contribution in [3.05, 3.63) is 72.4 Å². The van der Waals surface area contributed by atoms with Crippen LogP contribution in [0.15, 0.2) is 71.8 Å². The third-order valence-electron chi connectivity index (χ3n) is 3.87. The Labute approximate surface area is 107 Å². The molecular weight excluding hydrogens is 218 g/mol. The highest BCUT2D eigenvalue weighted by Crippen LogP contribution is 2.50. The summed E-state index contributed by atoms with van der Waals surface area (Å²) in [6.07, 6.45) is 16.4. The number of nitrogens with zero attached hydrogens (tertiary/aromatic N) is 1. The van der Waals surface area contributed by atoms with Gasteiger partial charge in [-0.3, -0.25) is 4.99 Å². The highest BCUT2D eigenvalue weighted by molar-refractivity contribution is 6.16. The van der Waals surface area contributed by atoms with E-state index in [1.54, 1.807) is 0 Å². The van der Waals surface area contributed by atoms with Crippen molar-refractivity contribution < 1.29 is 0 Å². The topological polar surface area (TPSA) is 12.4 Å². The molecule has 18 heavy (non-hydrogen) atoms. The Morgan fingerprint density at radius 3 is 3.00 bits per heavy atom. The summed E-state index contributed by atoms with van der Waals surface area (Å²) < 4.78 is 0. The van der Waals surface area contributed by atoms with E-state index in [1.165, 1.54) is 11.1 Å². The summed E-state index contributed by atoms with van der Waals surface area (Å²) in [7, 11) is 0. The van der Waals surface area contributed by atoms with Crippen LogP contribution in [0.4, 0.5) is 5.69 Å². The molecule has 1 heterocycles. The van der Waals surface area contributed by atoms with Crippen LogP contribution < -0.4 is 0 Å². The molecule has 1 spiro atoms. The summed E-state index contributed by atoms with van der Waals surface area (Å²) in [4.78, 5) is 4.83. The number of rotatable bonds is 0. The van der Waals surface area contributed by atoms with E-state index in [4.69, 9.17) is 4.99 Å². The maximum Gasteiger partial charge on any atom is 0.0742 e. The van der Waals surface area contributed by atoms with Gasteiger partial charge in [0.15, 0.2) is 0 Å². The highest BCUT2D eigenvalue weighted by atomic mass is 14.8. The Bertz CT molecular complexity index is 671. The van der Waals surface area contributed by atoms with Crippen molar-refractivity contribution in [2.75, 3.05) is 0 Å². The van der Waals surface area contributed by atoms with Crippen LogP contribution in [-0.4, -0.2) is 5.71 Å². The molecular formula is C17H13N. The Hall–Kier alpha value is -2.15. The first-order valence-electron chi connectivity index (χ1n) is 6.33. The summed E-state index contributed by atoms with van der Waals surface area (Å²) in [5.74, 6) is 0. The summed E-state index contributed by atoms with van der Waals surface area (Å²) in [6.45, 7) is 0. The quantitative estimate of drug-likeness (QED) is 0.592. The lowest BCUT2D eigenvalue weighted by Gasteiger charge is -2.38. The molecule has 0 amide bonds. The Morgan fingerprint density at radius 1 is 1.06 bits per heavy atom. The second-order valence-corrected chi connectivity index (χ2v) is 4.86. The number of aliphatic imine (C=N–C) groups is 1. The zero-order valence-corrected chi connectivity index (χ0v) is 10.0. The molecule has 86 valence electrons. The molecule has 0 saturated carbocycles. The second-order valence-electron chi connectivity index (χ2n) is 4.86. The van der Waals surface area contributed by atoms with Crippen molar-refractivity contribution in [2.45, 2.75) is 6.42 Å². The van der Waals surface area contributed by atoms with Crippen molar-refractivity contribution in [3.8, 4) is 0 Å². The van der Waals surface area contributed by atoms with Crippen molar-refractivity contribution in [2.24, 2.45) is 10.4 Å². The van der Waals surface area contributed by atoms with E-state index < -0.39 is 0 Å². The van der Waals surface area contributed by atoms with Gasteiger partial charge >= 0.3 is 0 Å². The molecule has 0 N–H and O–H groups in total. The minimum atomic E-state index is -0.124. The molecule has 0 fully saturated rings. The van der Waals surface area contributed by atoms with Gasteiger partial charge in [0.05, 0.1) is 16.8 Å². The fraction of sp³-hybridized carbons (Fsp3) is 0.118. The Morgan fingerprint density at radius 2 is 2.00 bits per heavy atom. The van der Waals surface area contributed by atoms with Gasteiger partial charge in [0, 0.05) is 5.56 Å². The number of benzene rings is 1. The molecule has 3 aliphatic rings. The summed E-state index contributed by atoms with van der Waals surface area (Å²) in [5.41, 5.74) is 4.74. The van der Waals surface area contributed by atoms with Crippen LogP contribution >= 0.6 is 0 Å². The average molecular weight is 231 g/mol. The second kappa shape index (κ2) is 3.42. The zero-order valence-electron chi connectivity index (χ0n) is 10.0. The average Bonchev–Trinajstić information content (AvgIpc) is 2.44. The van der Waals surface area contributed by atoms with Gasteiger partial charge < -0.3 is 0 Å². The fourth-order valence-corrected chi connectivity index (χ4v) is 3.04. The third-order valence-corrected chi connectivity index (χ3v) is 3.87. The van der Waals surface area contributed by atoms with E-state index in [0.29, 0.717) is 0 Å². The minimum Gasteiger partial charge on any atom is -0.251 e. The smallest absolute Gasteiger partial charge is 0.0742 e. The van der Waals surface area contributed by atoms with E-state index in [2.05, 4.69) is 66.8 Å². The highest BCUT2D eigenvalue weighted by Gasteiger charge is 2.39. The lowest BCUT2D eigenvalue weighted by Crippen LogP contribution is -2.32. The van der Waals surface area contributed by atoms with Crippen molar-refractivity contribution in [1.82, 2.24) is 0 Å². The Kier molecular flexibility index (Phi) is 1.87. The predicted octanol–water partition coefficient (Wildman–Crippen LogP) is 4.23. The molecule has 0 aromatic heterocycles. The van der Waals surface area contributed by atoms with Gasteiger partial charge in [-0.15, -0.1) is 0 Å². The van der Waals surface area contributed by atoms with E-state index in [-0.39, 0.29) is 5.41 Å². The number of hydrogen-bond acceptors (Lipinski definition) is 1. The zero-order chi connectivity index (χ0) is 12.0. The number of hydrogen-bond donors (Lipinski definition) is 0. The maximum atomic E-state index is 4.83. The number of fused-ring (bicyclic) bond motifs is 2. The van der Waals surface area contributed by atoms with Gasteiger partial charge in [0.1, 0.15) is 0 Å². The summed E-state index contributed by atoms with van der Waals surface area (Å²) in [5, 5.41) is 0. The van der Waals surface area contributed by atoms with Crippen LogP contribution in [0.2, 0.25) is 0 Å². The van der Waals surface area contributed by atoms with Gasteiger partial charge in [0.2, 0.25) is 0 Å². The minimum absolute atomic E-state index is 0.124. The molecule has 1 aromatic rings. The normalized spacial score (nSPS) is 26.9. The first-order valence-corrected chi connectivity index (χ1v) is 6.33. The summed E-state index contributed by atoms with van der Waals surface area (Å²) >= 11 is 0. The molecule has 1 heteroatoms. The van der Waals surface area contributed by atoms with Gasteiger partial charge in [-0.25, -0.2) is 0 Å². The van der Waals surface area contributed by atoms with Crippen LogP contribution in [0.1, 0.15) is 12.0 Å². The monoisotopic (exact) mass is 231 g/mol. The molecule has 1 unspecified atom stereocenters. The first kappa shape index (κ1) is 9.84. The van der Waals surface area contributed by atoms with Crippen LogP contribution in [-0.2, 0) is 0 Å². The van der Waals surface area contributed by atoms with Crippen LogP contribution in [0, 0.1) is 5.41 Å². The third kappa shape index (κ3) is 1.14. The van der Waals surface area contributed by atoms with Gasteiger partial charge in [-0.1, -0.05) is 54.7 Å². The van der Waals surface area contributed by atoms with Gasteiger partial charge in [0.25, 0.3) is 0 Å². The SMILES string of the molecule is C1=CC2=Nc3ccccc3C3=CCC=CC32C=C1. The first-order chi connectivity index (χ1) is 8.90. The van der Waals surface area contributed by atoms with Crippen molar-refractivity contribution in [3.63, 3.8) is 0 Å². The molecule has 0 bridgehead atoms. The predicted molar refractivity (Wildman–Crippen MR) is 76.0 cm³/mol. The lowest BCUT2D eigenvalue weighted by atomic mass is 9.67. The molecule has 1 aliphatic heterocycles. The van der Waals surface area contributed by atoms with Crippen molar-refractivity contribution >= 4 is 17.0 Å². The molecule has 1 aromatic carbocycles.